The Labute approximate surface area is 99.2 Å². The highest BCUT2D eigenvalue weighted by atomic mass is 16.5. The number of carboxylic acid groups (broad SMARTS) is 1. The zero-order valence-electron chi connectivity index (χ0n) is 10.9. The molecule has 0 aliphatic heterocycles. The summed E-state index contributed by atoms with van der Waals surface area (Å²) in [6.07, 6.45) is 6.72. The van der Waals surface area contributed by atoms with E-state index in [4.69, 9.17) is 9.84 Å². The first-order valence-electron chi connectivity index (χ1n) is 6.32. The predicted molar refractivity (Wildman–Crippen MR) is 65.6 cm³/mol. The number of carbonyl (C=O) groups is 1. The molecule has 0 fully saturated rings. The molecule has 0 bridgehead atoms. The minimum Gasteiger partial charge on any atom is -0.481 e. The smallest absolute Gasteiger partial charge is 0.309 e. The van der Waals surface area contributed by atoms with Crippen molar-refractivity contribution in [3.05, 3.63) is 0 Å². The van der Waals surface area contributed by atoms with Crippen LogP contribution in [0.15, 0.2) is 0 Å². The van der Waals surface area contributed by atoms with Crippen LogP contribution in [0.4, 0.5) is 0 Å². The average Bonchev–Trinajstić information content (AvgIpc) is 2.21. The second-order valence-corrected chi connectivity index (χ2v) is 4.97. The van der Waals surface area contributed by atoms with E-state index in [-0.39, 0.29) is 0 Å². The maximum atomic E-state index is 10.8. The lowest BCUT2D eigenvalue weighted by molar-refractivity contribution is -0.148. The summed E-state index contributed by atoms with van der Waals surface area (Å²) >= 11 is 0. The maximum Gasteiger partial charge on any atom is 0.309 e. The Bertz CT molecular complexity index is 188. The molecule has 0 aromatic carbocycles. The van der Waals surface area contributed by atoms with Gasteiger partial charge < -0.3 is 9.84 Å². The van der Waals surface area contributed by atoms with E-state index in [0.29, 0.717) is 13.0 Å². The topological polar surface area (TPSA) is 46.5 Å². The monoisotopic (exact) mass is 230 g/mol. The van der Waals surface area contributed by atoms with E-state index in [1.165, 1.54) is 25.7 Å². The van der Waals surface area contributed by atoms with Gasteiger partial charge in [0.25, 0.3) is 0 Å². The molecule has 0 saturated carbocycles. The molecule has 0 unspecified atom stereocenters. The van der Waals surface area contributed by atoms with Crippen molar-refractivity contribution in [2.45, 2.75) is 59.3 Å². The zero-order valence-corrected chi connectivity index (χ0v) is 10.9. The lowest BCUT2D eigenvalue weighted by atomic mass is 9.90. The Morgan fingerprint density at radius 3 is 2.31 bits per heavy atom. The van der Waals surface area contributed by atoms with Crippen molar-refractivity contribution in [1.29, 1.82) is 0 Å². The molecule has 0 aliphatic carbocycles. The Kier molecular flexibility index (Phi) is 8.26. The molecule has 0 amide bonds. The highest BCUT2D eigenvalue weighted by Gasteiger charge is 2.26. The fourth-order valence-corrected chi connectivity index (χ4v) is 1.34. The highest BCUT2D eigenvalue weighted by molar-refractivity contribution is 5.73. The van der Waals surface area contributed by atoms with Crippen LogP contribution >= 0.6 is 0 Å². The lowest BCUT2D eigenvalue weighted by Gasteiger charge is -2.18. The van der Waals surface area contributed by atoms with Crippen molar-refractivity contribution in [2.75, 3.05) is 13.2 Å². The van der Waals surface area contributed by atoms with Crippen molar-refractivity contribution in [3.8, 4) is 0 Å². The van der Waals surface area contributed by atoms with Crippen molar-refractivity contribution in [2.24, 2.45) is 5.41 Å². The van der Waals surface area contributed by atoms with E-state index in [2.05, 4.69) is 6.92 Å². The van der Waals surface area contributed by atoms with Crippen molar-refractivity contribution >= 4 is 5.97 Å². The van der Waals surface area contributed by atoms with Gasteiger partial charge in [0.05, 0.1) is 5.41 Å². The number of rotatable bonds is 10. The van der Waals surface area contributed by atoms with Crippen molar-refractivity contribution in [1.82, 2.24) is 0 Å². The maximum absolute atomic E-state index is 10.8. The summed E-state index contributed by atoms with van der Waals surface area (Å²) in [6, 6.07) is 0. The first-order chi connectivity index (χ1) is 7.50. The van der Waals surface area contributed by atoms with Gasteiger partial charge in [-0.05, 0) is 26.7 Å². The molecular formula is C13H26O3. The first-order valence-corrected chi connectivity index (χ1v) is 6.32. The molecule has 96 valence electrons. The summed E-state index contributed by atoms with van der Waals surface area (Å²) < 4.78 is 5.44. The fraction of sp³-hybridized carbons (Fsp3) is 0.923. The second kappa shape index (κ2) is 8.57. The fourth-order valence-electron chi connectivity index (χ4n) is 1.34. The molecule has 0 aromatic rings. The molecule has 0 radical (unpaired) electrons. The predicted octanol–water partition coefficient (Wildman–Crippen LogP) is 3.47. The minimum absolute atomic E-state index is 0.549. The molecular weight excluding hydrogens is 204 g/mol. The number of unbranched alkanes of at least 4 members (excludes halogenated alkanes) is 4. The van der Waals surface area contributed by atoms with Gasteiger partial charge >= 0.3 is 5.97 Å². The van der Waals surface area contributed by atoms with Gasteiger partial charge in [-0.15, -0.1) is 0 Å². The van der Waals surface area contributed by atoms with Gasteiger partial charge in [-0.25, -0.2) is 0 Å². The number of hydrogen-bond acceptors (Lipinski definition) is 2. The van der Waals surface area contributed by atoms with E-state index in [0.717, 1.165) is 13.0 Å². The van der Waals surface area contributed by atoms with Crippen LogP contribution < -0.4 is 0 Å². The largest absolute Gasteiger partial charge is 0.481 e. The molecule has 0 heterocycles. The molecule has 3 nitrogen and oxygen atoms in total. The zero-order chi connectivity index (χ0) is 12.4. The van der Waals surface area contributed by atoms with Crippen LogP contribution in [0.1, 0.15) is 59.3 Å². The third-order valence-corrected chi connectivity index (χ3v) is 2.84. The average molecular weight is 230 g/mol. The number of aliphatic carboxylic acids is 1. The first kappa shape index (κ1) is 15.4. The number of hydrogen-bond donors (Lipinski definition) is 1. The highest BCUT2D eigenvalue weighted by Crippen LogP contribution is 2.20. The molecule has 0 atom stereocenters. The summed E-state index contributed by atoms with van der Waals surface area (Å²) in [5.41, 5.74) is -0.664. The summed E-state index contributed by atoms with van der Waals surface area (Å²) in [6.45, 7) is 6.98. The SMILES string of the molecule is CCCCCCCOCCC(C)(C)C(=O)O. The van der Waals surface area contributed by atoms with Gasteiger partial charge in [-0.2, -0.15) is 0 Å². The van der Waals surface area contributed by atoms with Crippen LogP contribution in [0.5, 0.6) is 0 Å². The summed E-state index contributed by atoms with van der Waals surface area (Å²) in [5, 5.41) is 8.89. The van der Waals surface area contributed by atoms with E-state index in [1.54, 1.807) is 13.8 Å². The van der Waals surface area contributed by atoms with Crippen molar-refractivity contribution < 1.29 is 14.6 Å². The Morgan fingerprint density at radius 1 is 1.12 bits per heavy atom. The third-order valence-electron chi connectivity index (χ3n) is 2.84. The van der Waals surface area contributed by atoms with Crippen LogP contribution in [-0.2, 0) is 9.53 Å². The van der Waals surface area contributed by atoms with Gasteiger partial charge in [0.15, 0.2) is 0 Å². The van der Waals surface area contributed by atoms with Gasteiger partial charge in [0.2, 0.25) is 0 Å². The lowest BCUT2D eigenvalue weighted by Crippen LogP contribution is -2.25. The molecule has 3 heteroatoms. The van der Waals surface area contributed by atoms with Crippen LogP contribution in [0.2, 0.25) is 0 Å². The molecule has 0 aromatic heterocycles. The third kappa shape index (κ3) is 7.69. The summed E-state index contributed by atoms with van der Waals surface area (Å²) in [7, 11) is 0. The summed E-state index contributed by atoms with van der Waals surface area (Å²) in [4.78, 5) is 10.8. The van der Waals surface area contributed by atoms with Crippen LogP contribution in [0.25, 0.3) is 0 Å². The molecule has 0 rings (SSSR count). The molecule has 16 heavy (non-hydrogen) atoms. The standard InChI is InChI=1S/C13H26O3/c1-4-5-6-7-8-10-16-11-9-13(2,3)12(14)15/h4-11H2,1-3H3,(H,14,15). The van der Waals surface area contributed by atoms with Gasteiger partial charge in [0.1, 0.15) is 0 Å². The van der Waals surface area contributed by atoms with Crippen LogP contribution in [0.3, 0.4) is 0 Å². The van der Waals surface area contributed by atoms with E-state index in [9.17, 15) is 4.79 Å². The van der Waals surface area contributed by atoms with Crippen LogP contribution in [0, 0.1) is 5.41 Å². The van der Waals surface area contributed by atoms with E-state index in [1.807, 2.05) is 0 Å². The number of ether oxygens (including phenoxy) is 1. The molecule has 0 aliphatic rings. The summed E-state index contributed by atoms with van der Waals surface area (Å²) in [5.74, 6) is -0.751. The Balaban J connectivity index is 3.30. The Morgan fingerprint density at radius 2 is 1.75 bits per heavy atom. The van der Waals surface area contributed by atoms with E-state index >= 15 is 0 Å². The van der Waals surface area contributed by atoms with Gasteiger partial charge in [-0.3, -0.25) is 4.79 Å². The van der Waals surface area contributed by atoms with Gasteiger partial charge in [-0.1, -0.05) is 32.6 Å². The quantitative estimate of drug-likeness (QED) is 0.584. The Hall–Kier alpha value is -0.570. The van der Waals surface area contributed by atoms with E-state index < -0.39 is 11.4 Å². The number of carboxylic acids is 1. The van der Waals surface area contributed by atoms with Crippen LogP contribution in [-0.4, -0.2) is 24.3 Å². The molecule has 0 saturated heterocycles. The second-order valence-electron chi connectivity index (χ2n) is 4.97. The van der Waals surface area contributed by atoms with Crippen molar-refractivity contribution in [3.63, 3.8) is 0 Å². The normalized spacial score (nSPS) is 11.7. The van der Waals surface area contributed by atoms with Gasteiger partial charge in [0, 0.05) is 13.2 Å². The molecule has 1 N–H and O–H groups in total. The molecule has 0 spiro atoms. The minimum atomic E-state index is -0.751.